The highest BCUT2D eigenvalue weighted by Crippen LogP contribution is 2.32. The van der Waals surface area contributed by atoms with Crippen LogP contribution in [-0.2, 0) is 18.4 Å². The number of carboxylic acids is 1. The molecule has 1 saturated carbocycles. The van der Waals surface area contributed by atoms with Gasteiger partial charge in [0.25, 0.3) is 0 Å². The standard InChI is InChI=1S/C9H14N4O2/c1-13-6-7(11-12-13)5-10-9(8(14)15)3-2-4-9/h6,10H,2-5H2,1H3,(H,14,15). The number of carboxylic acid groups (broad SMARTS) is 1. The monoisotopic (exact) mass is 210 g/mol. The summed E-state index contributed by atoms with van der Waals surface area (Å²) in [5.74, 6) is -0.766. The fourth-order valence-electron chi connectivity index (χ4n) is 1.73. The number of rotatable bonds is 4. The Morgan fingerprint density at radius 2 is 2.47 bits per heavy atom. The zero-order valence-corrected chi connectivity index (χ0v) is 8.60. The van der Waals surface area contributed by atoms with E-state index in [1.54, 1.807) is 17.9 Å². The van der Waals surface area contributed by atoms with Crippen LogP contribution >= 0.6 is 0 Å². The lowest BCUT2D eigenvalue weighted by molar-refractivity contribution is -0.148. The van der Waals surface area contributed by atoms with Gasteiger partial charge in [-0.2, -0.15) is 0 Å². The van der Waals surface area contributed by atoms with E-state index in [0.717, 1.165) is 12.1 Å². The topological polar surface area (TPSA) is 80.0 Å². The molecule has 0 amide bonds. The average molecular weight is 210 g/mol. The average Bonchev–Trinajstić information content (AvgIpc) is 2.49. The van der Waals surface area contributed by atoms with Gasteiger partial charge in [-0.3, -0.25) is 14.8 Å². The van der Waals surface area contributed by atoms with Gasteiger partial charge in [0.1, 0.15) is 5.54 Å². The van der Waals surface area contributed by atoms with Gasteiger partial charge in [-0.1, -0.05) is 5.21 Å². The van der Waals surface area contributed by atoms with Crippen molar-refractivity contribution in [2.45, 2.75) is 31.3 Å². The molecule has 0 aromatic carbocycles. The summed E-state index contributed by atoms with van der Waals surface area (Å²) in [7, 11) is 1.78. The summed E-state index contributed by atoms with van der Waals surface area (Å²) in [6.07, 6.45) is 4.15. The van der Waals surface area contributed by atoms with Gasteiger partial charge in [-0.15, -0.1) is 5.10 Å². The first-order valence-electron chi connectivity index (χ1n) is 4.96. The molecular formula is C9H14N4O2. The molecule has 1 fully saturated rings. The van der Waals surface area contributed by atoms with E-state index >= 15 is 0 Å². The minimum absolute atomic E-state index is 0.458. The lowest BCUT2D eigenvalue weighted by Crippen LogP contribution is -2.56. The molecule has 0 saturated heterocycles. The molecule has 0 spiro atoms. The van der Waals surface area contributed by atoms with Crippen molar-refractivity contribution in [1.82, 2.24) is 20.3 Å². The lowest BCUT2D eigenvalue weighted by atomic mass is 9.77. The van der Waals surface area contributed by atoms with Gasteiger partial charge in [-0.05, 0) is 19.3 Å². The maximum absolute atomic E-state index is 11.0. The predicted molar refractivity (Wildman–Crippen MR) is 52.1 cm³/mol. The third kappa shape index (κ3) is 1.85. The number of nitrogens with zero attached hydrogens (tertiary/aromatic N) is 3. The number of carbonyl (C=O) groups is 1. The summed E-state index contributed by atoms with van der Waals surface area (Å²) in [6.45, 7) is 0.458. The van der Waals surface area contributed by atoms with Crippen LogP contribution in [0, 0.1) is 0 Å². The quantitative estimate of drug-likeness (QED) is 0.726. The molecule has 1 heterocycles. The normalized spacial score (nSPS) is 18.5. The van der Waals surface area contributed by atoms with E-state index in [1.165, 1.54) is 0 Å². The summed E-state index contributed by atoms with van der Waals surface area (Å²) in [4.78, 5) is 11.0. The highest BCUT2D eigenvalue weighted by Gasteiger charge is 2.43. The summed E-state index contributed by atoms with van der Waals surface area (Å²) in [5.41, 5.74) is 0.0439. The Hall–Kier alpha value is -1.43. The summed E-state index contributed by atoms with van der Waals surface area (Å²) in [6, 6.07) is 0. The molecule has 1 aliphatic carbocycles. The number of hydrogen-bond acceptors (Lipinski definition) is 4. The van der Waals surface area contributed by atoms with E-state index in [-0.39, 0.29) is 0 Å². The summed E-state index contributed by atoms with van der Waals surface area (Å²) in [5, 5.41) is 19.8. The number of hydrogen-bond donors (Lipinski definition) is 2. The molecule has 0 bridgehead atoms. The molecule has 0 atom stereocenters. The van der Waals surface area contributed by atoms with Crippen molar-refractivity contribution in [3.8, 4) is 0 Å². The van der Waals surface area contributed by atoms with Gasteiger partial charge >= 0.3 is 5.97 Å². The second-order valence-corrected chi connectivity index (χ2v) is 3.98. The van der Waals surface area contributed by atoms with Crippen LogP contribution < -0.4 is 5.32 Å². The van der Waals surface area contributed by atoms with Crippen molar-refractivity contribution in [2.75, 3.05) is 0 Å². The zero-order valence-electron chi connectivity index (χ0n) is 8.60. The Balaban J connectivity index is 1.95. The van der Waals surface area contributed by atoms with Crippen LogP contribution in [0.15, 0.2) is 6.20 Å². The first kappa shape index (κ1) is 10.1. The van der Waals surface area contributed by atoms with E-state index in [2.05, 4.69) is 15.6 Å². The minimum atomic E-state index is -0.766. The number of nitrogens with one attached hydrogen (secondary N) is 1. The van der Waals surface area contributed by atoms with Crippen molar-refractivity contribution in [3.63, 3.8) is 0 Å². The summed E-state index contributed by atoms with van der Waals surface area (Å²) >= 11 is 0. The SMILES string of the molecule is Cn1cc(CNC2(C(=O)O)CCC2)nn1. The molecule has 0 aliphatic heterocycles. The predicted octanol–water partition coefficient (Wildman–Crippen LogP) is -0.0880. The maximum atomic E-state index is 11.0. The van der Waals surface area contributed by atoms with Gasteiger partial charge < -0.3 is 5.11 Å². The van der Waals surface area contributed by atoms with Gasteiger partial charge in [-0.25, -0.2) is 0 Å². The molecule has 6 nitrogen and oxygen atoms in total. The second-order valence-electron chi connectivity index (χ2n) is 3.98. The Kier molecular flexibility index (Phi) is 2.44. The molecule has 2 rings (SSSR count). The first-order valence-corrected chi connectivity index (χ1v) is 4.96. The van der Waals surface area contributed by atoms with Crippen LogP contribution in [0.2, 0.25) is 0 Å². The Bertz CT molecular complexity index is 370. The maximum Gasteiger partial charge on any atom is 0.323 e. The zero-order chi connectivity index (χ0) is 10.9. The van der Waals surface area contributed by atoms with E-state index in [9.17, 15) is 4.79 Å². The molecule has 1 aromatic rings. The third-order valence-electron chi connectivity index (χ3n) is 2.87. The minimum Gasteiger partial charge on any atom is -0.480 e. The fourth-order valence-corrected chi connectivity index (χ4v) is 1.73. The van der Waals surface area contributed by atoms with Crippen molar-refractivity contribution < 1.29 is 9.90 Å². The van der Waals surface area contributed by atoms with Crippen molar-refractivity contribution >= 4 is 5.97 Å². The molecule has 82 valence electrons. The van der Waals surface area contributed by atoms with Gasteiger partial charge in [0.2, 0.25) is 0 Å². The smallest absolute Gasteiger partial charge is 0.323 e. The van der Waals surface area contributed by atoms with Crippen molar-refractivity contribution in [1.29, 1.82) is 0 Å². The van der Waals surface area contributed by atoms with Crippen molar-refractivity contribution in [2.24, 2.45) is 7.05 Å². The van der Waals surface area contributed by atoms with Crippen LogP contribution in [0.5, 0.6) is 0 Å². The first-order chi connectivity index (χ1) is 7.12. The highest BCUT2D eigenvalue weighted by atomic mass is 16.4. The number of aryl methyl sites for hydroxylation is 1. The molecule has 6 heteroatoms. The molecule has 0 unspecified atom stereocenters. The second kappa shape index (κ2) is 3.62. The largest absolute Gasteiger partial charge is 0.480 e. The molecule has 15 heavy (non-hydrogen) atoms. The van der Waals surface area contributed by atoms with Crippen LogP contribution in [0.1, 0.15) is 25.0 Å². The van der Waals surface area contributed by atoms with Crippen LogP contribution in [0.25, 0.3) is 0 Å². The molecule has 2 N–H and O–H groups in total. The van der Waals surface area contributed by atoms with Gasteiger partial charge in [0.15, 0.2) is 0 Å². The van der Waals surface area contributed by atoms with Crippen molar-refractivity contribution in [3.05, 3.63) is 11.9 Å². The Labute approximate surface area is 87.3 Å². The molecular weight excluding hydrogens is 196 g/mol. The Morgan fingerprint density at radius 1 is 1.73 bits per heavy atom. The van der Waals surface area contributed by atoms with E-state index < -0.39 is 11.5 Å². The van der Waals surface area contributed by atoms with Crippen LogP contribution in [0.3, 0.4) is 0 Å². The molecule has 1 aliphatic rings. The van der Waals surface area contributed by atoms with Crippen LogP contribution in [0.4, 0.5) is 0 Å². The van der Waals surface area contributed by atoms with E-state index in [1.807, 2.05) is 0 Å². The Morgan fingerprint density at radius 3 is 2.87 bits per heavy atom. The van der Waals surface area contributed by atoms with Gasteiger partial charge in [0, 0.05) is 19.8 Å². The lowest BCUT2D eigenvalue weighted by Gasteiger charge is -2.38. The van der Waals surface area contributed by atoms with Gasteiger partial charge in [0.05, 0.1) is 5.69 Å². The number of aromatic nitrogens is 3. The van der Waals surface area contributed by atoms with E-state index in [0.29, 0.717) is 19.4 Å². The number of aliphatic carboxylic acids is 1. The van der Waals surface area contributed by atoms with Crippen LogP contribution in [-0.4, -0.2) is 31.6 Å². The fraction of sp³-hybridized carbons (Fsp3) is 0.667. The molecule has 0 radical (unpaired) electrons. The summed E-state index contributed by atoms with van der Waals surface area (Å²) < 4.78 is 1.60. The molecule has 1 aromatic heterocycles. The third-order valence-corrected chi connectivity index (χ3v) is 2.87. The highest BCUT2D eigenvalue weighted by molar-refractivity contribution is 5.79. The van der Waals surface area contributed by atoms with E-state index in [4.69, 9.17) is 5.11 Å².